The smallest absolute Gasteiger partial charge is 0.356 e. The molecule has 14 heteroatoms. The molecular weight excluding hydrogens is 471 g/mol. The Labute approximate surface area is 186 Å². The maximum atomic E-state index is 13.8. The molecule has 33 heavy (non-hydrogen) atoms. The van der Waals surface area contributed by atoms with Gasteiger partial charge in [0.2, 0.25) is 11.7 Å². The number of carbonyl (C=O) groups excluding carboxylic acids is 1. The van der Waals surface area contributed by atoms with Crippen LogP contribution in [0, 0.1) is 11.7 Å². The van der Waals surface area contributed by atoms with Crippen molar-refractivity contribution in [2.24, 2.45) is 0 Å². The molecule has 0 aromatic carbocycles. The summed E-state index contributed by atoms with van der Waals surface area (Å²) in [6, 6.07) is 2.55. The van der Waals surface area contributed by atoms with Gasteiger partial charge in [0.25, 0.3) is 5.91 Å². The highest BCUT2D eigenvalue weighted by atomic mass is 32.2. The minimum atomic E-state index is -4.90. The van der Waals surface area contributed by atoms with Crippen LogP contribution in [0.3, 0.4) is 0 Å². The topological polar surface area (TPSA) is 112 Å². The fraction of sp³-hybridized carbons (Fsp3) is 0.474. The summed E-state index contributed by atoms with van der Waals surface area (Å²) in [7, 11) is -3.19. The van der Waals surface area contributed by atoms with E-state index in [0.29, 0.717) is 0 Å². The van der Waals surface area contributed by atoms with Crippen LogP contribution in [0.1, 0.15) is 41.1 Å². The van der Waals surface area contributed by atoms with Gasteiger partial charge < -0.3 is 10.2 Å². The molecule has 1 amide bonds. The molecule has 2 N–H and O–H groups in total. The Balaban J connectivity index is 2.04. The Hall–Kier alpha value is -2.90. The van der Waals surface area contributed by atoms with E-state index in [2.05, 4.69) is 20.3 Å². The second-order valence-corrected chi connectivity index (χ2v) is 9.81. The molecule has 0 aliphatic carbocycles. The number of halogens is 5. The third-order valence-corrected chi connectivity index (χ3v) is 5.98. The van der Waals surface area contributed by atoms with Crippen LogP contribution in [-0.2, 0) is 15.9 Å². The summed E-state index contributed by atoms with van der Waals surface area (Å²) in [5.74, 6) is -5.71. The Morgan fingerprint density at radius 1 is 1.24 bits per heavy atom. The van der Waals surface area contributed by atoms with E-state index in [1.54, 1.807) is 0 Å². The lowest BCUT2D eigenvalue weighted by molar-refractivity contribution is -0.145. The number of hydrogen-bond donors (Lipinski definition) is 2. The van der Waals surface area contributed by atoms with Crippen molar-refractivity contribution in [3.63, 3.8) is 0 Å². The molecule has 2 aromatic rings. The number of anilines is 2. The fourth-order valence-corrected chi connectivity index (χ4v) is 3.96. The van der Waals surface area contributed by atoms with Crippen LogP contribution in [0.15, 0.2) is 23.4 Å². The number of nitrogens with one attached hydrogen (secondary N) is 2. The number of nitrogens with zero attached hydrogens (tertiary/aromatic N) is 4. The molecule has 180 valence electrons. The molecule has 0 spiro atoms. The van der Waals surface area contributed by atoms with Gasteiger partial charge in [0.15, 0.2) is 0 Å². The zero-order valence-electron chi connectivity index (χ0n) is 17.7. The lowest BCUT2D eigenvalue weighted by atomic mass is 10.1. The summed E-state index contributed by atoms with van der Waals surface area (Å²) in [5, 5.41) is 2.36. The summed E-state index contributed by atoms with van der Waals surface area (Å²) in [4.78, 5) is 25.0. The minimum absolute atomic E-state index is 0.000531. The summed E-state index contributed by atoms with van der Waals surface area (Å²) in [5.41, 5.74) is -0.482. The SMILES string of the molecule is Cc1nc(C(F)(F)F)nc(N2CCCC(F)(F)CC2)c1C(=O)Nc1ccnc(S(C)(=N)=O)c1. The van der Waals surface area contributed by atoms with Crippen molar-refractivity contribution in [2.75, 3.05) is 29.6 Å². The van der Waals surface area contributed by atoms with E-state index in [1.165, 1.54) is 30.2 Å². The molecule has 1 aliphatic heterocycles. The van der Waals surface area contributed by atoms with Crippen molar-refractivity contribution < 1.29 is 31.0 Å². The second-order valence-electron chi connectivity index (χ2n) is 7.71. The molecule has 1 aliphatic rings. The van der Waals surface area contributed by atoms with Crippen molar-refractivity contribution >= 4 is 27.1 Å². The van der Waals surface area contributed by atoms with Crippen molar-refractivity contribution in [3.8, 4) is 0 Å². The van der Waals surface area contributed by atoms with E-state index >= 15 is 0 Å². The highest BCUT2D eigenvalue weighted by Gasteiger charge is 2.39. The van der Waals surface area contributed by atoms with Gasteiger partial charge in [0.1, 0.15) is 16.4 Å². The highest BCUT2D eigenvalue weighted by molar-refractivity contribution is 7.91. The van der Waals surface area contributed by atoms with E-state index in [4.69, 9.17) is 4.78 Å². The zero-order valence-corrected chi connectivity index (χ0v) is 18.5. The quantitative estimate of drug-likeness (QED) is 0.622. The first-order chi connectivity index (χ1) is 15.2. The van der Waals surface area contributed by atoms with Gasteiger partial charge in [-0.3, -0.25) is 4.79 Å². The van der Waals surface area contributed by atoms with Crippen molar-refractivity contribution in [2.45, 2.75) is 43.3 Å². The molecular formula is C19H21F5N6O2S. The Morgan fingerprint density at radius 3 is 2.58 bits per heavy atom. The van der Waals surface area contributed by atoms with Crippen molar-refractivity contribution in [1.82, 2.24) is 15.0 Å². The molecule has 3 rings (SSSR count). The number of pyridine rings is 1. The average molecular weight is 492 g/mol. The molecule has 1 saturated heterocycles. The predicted molar refractivity (Wildman–Crippen MR) is 110 cm³/mol. The summed E-state index contributed by atoms with van der Waals surface area (Å²) in [6.07, 6.45) is -3.57. The van der Waals surface area contributed by atoms with Crippen LogP contribution in [0.25, 0.3) is 0 Å². The molecule has 1 fully saturated rings. The Bertz CT molecular complexity index is 1170. The first kappa shape index (κ1) is 24.7. The number of carbonyl (C=O) groups is 1. The van der Waals surface area contributed by atoms with Gasteiger partial charge >= 0.3 is 6.18 Å². The third-order valence-electron chi connectivity index (χ3n) is 4.96. The van der Waals surface area contributed by atoms with Crippen LogP contribution in [0.4, 0.5) is 33.5 Å². The second kappa shape index (κ2) is 8.80. The molecule has 8 nitrogen and oxygen atoms in total. The van der Waals surface area contributed by atoms with E-state index in [-0.39, 0.29) is 47.3 Å². The van der Waals surface area contributed by atoms with Crippen LogP contribution < -0.4 is 10.2 Å². The number of rotatable bonds is 4. The van der Waals surface area contributed by atoms with Crippen molar-refractivity contribution in [1.29, 1.82) is 4.78 Å². The molecule has 1 unspecified atom stereocenters. The van der Waals surface area contributed by atoms with Crippen LogP contribution in [-0.4, -0.2) is 50.3 Å². The van der Waals surface area contributed by atoms with Crippen LogP contribution in [0.5, 0.6) is 0 Å². The number of aromatic nitrogens is 3. The molecule has 0 saturated carbocycles. The predicted octanol–water partition coefficient (Wildman–Crippen LogP) is 4.11. The maximum Gasteiger partial charge on any atom is 0.451 e. The number of alkyl halides is 5. The van der Waals surface area contributed by atoms with Crippen LogP contribution in [0.2, 0.25) is 0 Å². The number of aryl methyl sites for hydroxylation is 1. The first-order valence-electron chi connectivity index (χ1n) is 9.77. The lowest BCUT2D eigenvalue weighted by Crippen LogP contribution is -2.31. The fourth-order valence-electron chi connectivity index (χ4n) is 3.35. The van der Waals surface area contributed by atoms with Gasteiger partial charge in [-0.25, -0.2) is 32.7 Å². The molecule has 1 atom stereocenters. The molecule has 0 bridgehead atoms. The average Bonchev–Trinajstić information content (AvgIpc) is 2.86. The normalized spacial score (nSPS) is 18.3. The van der Waals surface area contributed by atoms with Gasteiger partial charge in [-0.1, -0.05) is 0 Å². The first-order valence-corrected chi connectivity index (χ1v) is 11.7. The monoisotopic (exact) mass is 492 g/mol. The number of hydrogen-bond acceptors (Lipinski definition) is 7. The largest absolute Gasteiger partial charge is 0.451 e. The Kier molecular flexibility index (Phi) is 6.60. The minimum Gasteiger partial charge on any atom is -0.356 e. The van der Waals surface area contributed by atoms with Gasteiger partial charge in [0, 0.05) is 44.1 Å². The zero-order chi connectivity index (χ0) is 24.6. The molecule has 2 aromatic heterocycles. The van der Waals surface area contributed by atoms with Gasteiger partial charge in [-0.2, -0.15) is 13.2 Å². The number of amides is 1. The molecule has 3 heterocycles. The maximum absolute atomic E-state index is 13.8. The van der Waals surface area contributed by atoms with Gasteiger partial charge in [-0.15, -0.1) is 0 Å². The summed E-state index contributed by atoms with van der Waals surface area (Å²) >= 11 is 0. The highest BCUT2D eigenvalue weighted by Crippen LogP contribution is 2.34. The van der Waals surface area contributed by atoms with Crippen molar-refractivity contribution in [3.05, 3.63) is 35.4 Å². The van der Waals surface area contributed by atoms with Crippen LogP contribution >= 0.6 is 0 Å². The van der Waals surface area contributed by atoms with Gasteiger partial charge in [-0.05, 0) is 25.5 Å². The lowest BCUT2D eigenvalue weighted by Gasteiger charge is -2.25. The van der Waals surface area contributed by atoms with E-state index in [9.17, 15) is 31.0 Å². The van der Waals surface area contributed by atoms with E-state index < -0.39 is 46.4 Å². The van der Waals surface area contributed by atoms with E-state index in [0.717, 1.165) is 6.26 Å². The standard InChI is InChI=1S/C19H21F5N6O2S/c1-11-14(16(31)28-12-4-7-26-13(10-12)33(2,25)32)15(29-17(27-11)19(22,23)24)30-8-3-5-18(20,21)6-9-30/h4,7,10,25H,3,5-6,8-9H2,1-2H3,(H,26,28,31). The van der Waals surface area contributed by atoms with Gasteiger partial charge in [0.05, 0.1) is 15.4 Å². The summed E-state index contributed by atoms with van der Waals surface area (Å²) < 4.78 is 87.2. The van der Waals surface area contributed by atoms with E-state index in [1.807, 2.05) is 0 Å². The molecule has 0 radical (unpaired) electrons. The Morgan fingerprint density at radius 2 is 1.94 bits per heavy atom. The summed E-state index contributed by atoms with van der Waals surface area (Å²) in [6.45, 7) is 0.888. The third kappa shape index (κ3) is 5.92.